The standard InChI is InChI=1S/C29H43NO5S/c1-9-13-20-18-21(14-15-22(20)35-19-28(8,34)27(5,6)7)29(10-2,11-3)24-17-16-23(36-24)25(31)30(12-4)26(32)33/h14-18,34H,9-13,19H2,1-8H3,(H,32,33). The molecule has 2 aromatic rings. The summed E-state index contributed by atoms with van der Waals surface area (Å²) >= 11 is 1.37. The maximum atomic E-state index is 12.8. The Hall–Kier alpha value is -2.38. The van der Waals surface area contributed by atoms with E-state index in [2.05, 4.69) is 32.9 Å². The van der Waals surface area contributed by atoms with Crippen molar-refractivity contribution in [2.24, 2.45) is 5.41 Å². The molecule has 1 aromatic carbocycles. The zero-order chi connectivity index (χ0) is 27.3. The maximum absolute atomic E-state index is 12.8. The van der Waals surface area contributed by atoms with Gasteiger partial charge in [-0.15, -0.1) is 11.3 Å². The van der Waals surface area contributed by atoms with Crippen molar-refractivity contribution in [3.8, 4) is 5.75 Å². The van der Waals surface area contributed by atoms with Gasteiger partial charge in [-0.1, -0.05) is 60.1 Å². The van der Waals surface area contributed by atoms with E-state index in [1.165, 1.54) is 11.3 Å². The summed E-state index contributed by atoms with van der Waals surface area (Å²) in [6.07, 6.45) is 2.24. The highest BCUT2D eigenvalue weighted by atomic mass is 32.1. The number of benzene rings is 1. The molecule has 2 N–H and O–H groups in total. The largest absolute Gasteiger partial charge is 0.490 e. The molecule has 1 heterocycles. The van der Waals surface area contributed by atoms with Gasteiger partial charge in [0.1, 0.15) is 18.0 Å². The third-order valence-corrected chi connectivity index (χ3v) is 8.82. The number of hydrogen-bond acceptors (Lipinski definition) is 5. The van der Waals surface area contributed by atoms with E-state index in [4.69, 9.17) is 4.74 Å². The van der Waals surface area contributed by atoms with Crippen LogP contribution >= 0.6 is 11.3 Å². The molecule has 1 unspecified atom stereocenters. The van der Waals surface area contributed by atoms with Gasteiger partial charge < -0.3 is 14.9 Å². The molecular weight excluding hydrogens is 474 g/mol. The van der Waals surface area contributed by atoms with Crippen molar-refractivity contribution < 1.29 is 24.5 Å². The van der Waals surface area contributed by atoms with Crippen molar-refractivity contribution in [1.82, 2.24) is 4.90 Å². The molecule has 0 bridgehead atoms. The fourth-order valence-electron chi connectivity index (χ4n) is 4.28. The van der Waals surface area contributed by atoms with Gasteiger partial charge in [-0.2, -0.15) is 0 Å². The lowest BCUT2D eigenvalue weighted by Gasteiger charge is -2.37. The molecule has 200 valence electrons. The molecule has 0 fully saturated rings. The van der Waals surface area contributed by atoms with Crippen molar-refractivity contribution in [2.75, 3.05) is 13.2 Å². The summed E-state index contributed by atoms with van der Waals surface area (Å²) in [5.74, 6) is 0.303. The fourth-order valence-corrected chi connectivity index (χ4v) is 5.58. The predicted molar refractivity (Wildman–Crippen MR) is 146 cm³/mol. The molecule has 6 nitrogen and oxygen atoms in total. The Kier molecular flexibility index (Phi) is 9.77. The number of rotatable bonds is 11. The summed E-state index contributed by atoms with van der Waals surface area (Å²) in [4.78, 5) is 26.6. The number of carbonyl (C=O) groups excluding carboxylic acids is 1. The zero-order valence-corrected chi connectivity index (χ0v) is 23.9. The number of imide groups is 1. The number of aliphatic hydroxyl groups is 1. The minimum atomic E-state index is -1.24. The second kappa shape index (κ2) is 11.8. The molecule has 1 atom stereocenters. The van der Waals surface area contributed by atoms with Crippen LogP contribution in [0.5, 0.6) is 5.75 Å². The van der Waals surface area contributed by atoms with Crippen LogP contribution in [0.15, 0.2) is 30.3 Å². The minimum Gasteiger partial charge on any atom is -0.490 e. The van der Waals surface area contributed by atoms with Gasteiger partial charge in [-0.05, 0) is 67.9 Å². The molecule has 0 spiro atoms. The van der Waals surface area contributed by atoms with E-state index in [9.17, 15) is 19.8 Å². The molecule has 0 aliphatic heterocycles. The van der Waals surface area contributed by atoms with Gasteiger partial charge in [0.25, 0.3) is 5.91 Å². The van der Waals surface area contributed by atoms with Gasteiger partial charge in [-0.3, -0.25) is 4.79 Å². The summed E-state index contributed by atoms with van der Waals surface area (Å²) in [6.45, 7) is 16.2. The molecule has 2 amide bonds. The molecule has 0 saturated heterocycles. The zero-order valence-electron chi connectivity index (χ0n) is 23.1. The predicted octanol–water partition coefficient (Wildman–Crippen LogP) is 7.12. The first kappa shape index (κ1) is 29.8. The Morgan fingerprint density at radius 1 is 1.00 bits per heavy atom. The highest BCUT2D eigenvalue weighted by Gasteiger charge is 2.37. The first-order chi connectivity index (χ1) is 16.8. The summed E-state index contributed by atoms with van der Waals surface area (Å²) in [7, 11) is 0. The lowest BCUT2D eigenvalue weighted by Crippen LogP contribution is -2.45. The van der Waals surface area contributed by atoms with Gasteiger partial charge in [0.15, 0.2) is 0 Å². The average molecular weight is 518 g/mol. The third kappa shape index (κ3) is 6.12. The Balaban J connectivity index is 2.47. The molecule has 1 aromatic heterocycles. The Bertz CT molecular complexity index is 1050. The molecule has 7 heteroatoms. The summed E-state index contributed by atoms with van der Waals surface area (Å²) in [6, 6.07) is 10.00. The van der Waals surface area contributed by atoms with E-state index in [0.717, 1.165) is 52.3 Å². The molecular formula is C29H43NO5S. The quantitative estimate of drug-likeness (QED) is 0.331. The van der Waals surface area contributed by atoms with Crippen LogP contribution in [0.3, 0.4) is 0 Å². The first-order valence-electron chi connectivity index (χ1n) is 12.9. The van der Waals surface area contributed by atoms with Crippen LogP contribution in [0.1, 0.15) is 100 Å². The van der Waals surface area contributed by atoms with Crippen LogP contribution in [-0.4, -0.2) is 45.9 Å². The number of amides is 2. The smallest absolute Gasteiger partial charge is 0.414 e. The number of aryl methyl sites for hydroxylation is 1. The summed E-state index contributed by atoms with van der Waals surface area (Å²) in [5.41, 5.74) is 0.647. The lowest BCUT2D eigenvalue weighted by molar-refractivity contribution is -0.0726. The van der Waals surface area contributed by atoms with Gasteiger partial charge >= 0.3 is 6.09 Å². The van der Waals surface area contributed by atoms with E-state index in [1.54, 1.807) is 19.9 Å². The summed E-state index contributed by atoms with van der Waals surface area (Å²) < 4.78 is 6.17. The first-order valence-corrected chi connectivity index (χ1v) is 13.7. The molecule has 0 aliphatic carbocycles. The maximum Gasteiger partial charge on any atom is 0.414 e. The highest BCUT2D eigenvalue weighted by Crippen LogP contribution is 2.44. The van der Waals surface area contributed by atoms with Crippen LogP contribution in [0.25, 0.3) is 0 Å². The van der Waals surface area contributed by atoms with Crippen LogP contribution in [0.2, 0.25) is 0 Å². The van der Waals surface area contributed by atoms with Crippen LogP contribution in [0, 0.1) is 5.41 Å². The number of nitrogens with zero attached hydrogens (tertiary/aromatic N) is 1. The topological polar surface area (TPSA) is 87.1 Å². The molecule has 0 radical (unpaired) electrons. The Morgan fingerprint density at radius 2 is 1.64 bits per heavy atom. The number of carbonyl (C=O) groups is 2. The lowest BCUT2D eigenvalue weighted by atomic mass is 9.74. The summed E-state index contributed by atoms with van der Waals surface area (Å²) in [5, 5.41) is 20.3. The number of thiophene rings is 1. The van der Waals surface area contributed by atoms with Crippen molar-refractivity contribution in [3.05, 3.63) is 51.2 Å². The van der Waals surface area contributed by atoms with E-state index in [0.29, 0.717) is 4.88 Å². The van der Waals surface area contributed by atoms with Crippen LogP contribution in [-0.2, 0) is 11.8 Å². The number of ether oxygens (including phenoxy) is 1. The van der Waals surface area contributed by atoms with Crippen molar-refractivity contribution in [3.63, 3.8) is 0 Å². The third-order valence-electron chi connectivity index (χ3n) is 7.54. The van der Waals surface area contributed by atoms with Crippen LogP contribution < -0.4 is 4.74 Å². The molecule has 2 rings (SSSR count). The molecule has 36 heavy (non-hydrogen) atoms. The van der Waals surface area contributed by atoms with Crippen molar-refractivity contribution in [2.45, 2.75) is 92.1 Å². The highest BCUT2D eigenvalue weighted by molar-refractivity contribution is 7.14. The Labute approximate surface area is 220 Å². The van der Waals surface area contributed by atoms with Crippen molar-refractivity contribution >= 4 is 23.3 Å². The van der Waals surface area contributed by atoms with E-state index in [1.807, 2.05) is 32.9 Å². The van der Waals surface area contributed by atoms with Crippen molar-refractivity contribution in [1.29, 1.82) is 0 Å². The number of carboxylic acid groups (broad SMARTS) is 1. The average Bonchev–Trinajstić information content (AvgIpc) is 3.30. The van der Waals surface area contributed by atoms with Gasteiger partial charge in [-0.25, -0.2) is 9.69 Å². The minimum absolute atomic E-state index is 0.109. The van der Waals surface area contributed by atoms with E-state index >= 15 is 0 Å². The van der Waals surface area contributed by atoms with Gasteiger partial charge in [0, 0.05) is 16.8 Å². The van der Waals surface area contributed by atoms with Gasteiger partial charge in [0.2, 0.25) is 0 Å². The molecule has 0 aliphatic rings. The second-order valence-corrected chi connectivity index (χ2v) is 11.8. The second-order valence-electron chi connectivity index (χ2n) is 10.7. The Morgan fingerprint density at radius 3 is 2.14 bits per heavy atom. The SMILES string of the molecule is CCCc1cc(C(CC)(CC)c2ccc(C(=O)N(CC)C(=O)O)s2)ccc1OCC(C)(O)C(C)(C)C. The monoisotopic (exact) mass is 517 g/mol. The normalized spacial score (nSPS) is 13.8. The number of hydrogen-bond donors (Lipinski definition) is 2. The van der Waals surface area contributed by atoms with Crippen LogP contribution in [0.4, 0.5) is 4.79 Å². The van der Waals surface area contributed by atoms with Gasteiger partial charge in [0.05, 0.1) is 4.88 Å². The fraction of sp³-hybridized carbons (Fsp3) is 0.586. The molecule has 0 saturated carbocycles. The van der Waals surface area contributed by atoms with E-state index in [-0.39, 0.29) is 24.0 Å². The van der Waals surface area contributed by atoms with E-state index < -0.39 is 17.6 Å².